The summed E-state index contributed by atoms with van der Waals surface area (Å²) in [7, 11) is 0. The van der Waals surface area contributed by atoms with Gasteiger partial charge in [0.2, 0.25) is 0 Å². The lowest BCUT2D eigenvalue weighted by Gasteiger charge is -2.45. The Kier molecular flexibility index (Phi) is 3.56. The molecule has 2 aromatic rings. The maximum atomic E-state index is 13.1. The van der Waals surface area contributed by atoms with Crippen LogP contribution in [0.2, 0.25) is 0 Å². The third kappa shape index (κ3) is 1.93. The van der Waals surface area contributed by atoms with Crippen LogP contribution in [0.25, 0.3) is 10.8 Å². The number of hydrogen-bond donors (Lipinski definition) is 3. The van der Waals surface area contributed by atoms with Gasteiger partial charge in [0.15, 0.2) is 11.6 Å². The molecule has 1 saturated carbocycles. The number of aromatic hydroxyl groups is 1. The van der Waals surface area contributed by atoms with Crippen molar-refractivity contribution in [1.82, 2.24) is 0 Å². The lowest BCUT2D eigenvalue weighted by Crippen LogP contribution is -2.56. The molecule has 1 fully saturated rings. The molecule has 2 aliphatic rings. The highest BCUT2D eigenvalue weighted by Gasteiger charge is 2.66. The minimum atomic E-state index is -1.72. The third-order valence-corrected chi connectivity index (χ3v) is 6.73. The first-order valence-corrected chi connectivity index (χ1v) is 8.89. The fourth-order valence-electron chi connectivity index (χ4n) is 5.41. The smallest absolute Gasteiger partial charge is 0.190 e. The molecule has 0 heterocycles. The van der Waals surface area contributed by atoms with Crippen LogP contribution in [0, 0.1) is 11.3 Å². The Morgan fingerprint density at radius 1 is 1.27 bits per heavy atom. The van der Waals surface area contributed by atoms with E-state index in [4.69, 9.17) is 0 Å². The summed E-state index contributed by atoms with van der Waals surface area (Å²) in [5.41, 5.74) is -1.20. The van der Waals surface area contributed by atoms with Gasteiger partial charge in [-0.25, -0.2) is 0 Å². The van der Waals surface area contributed by atoms with Gasteiger partial charge in [-0.3, -0.25) is 9.59 Å². The van der Waals surface area contributed by atoms with Crippen molar-refractivity contribution in [2.24, 2.45) is 11.3 Å². The van der Waals surface area contributed by atoms with Crippen molar-refractivity contribution in [1.29, 1.82) is 0 Å². The van der Waals surface area contributed by atoms with E-state index in [1.54, 1.807) is 32.0 Å². The standard InChI is InChI=1S/C21H22O5/c1-11-7-16-15-5-3-12-8-13(23)4-6-14(12)19(15)17(24)9-20(16,2)21(11,26)18(25)10-22/h3-6,8,11,16,22-23,26H,7,9-10H2,1-2H3/t11-,16-,20-,21-/m0/s1. The second kappa shape index (κ2) is 5.38. The molecule has 0 aliphatic heterocycles. The van der Waals surface area contributed by atoms with Gasteiger partial charge in [0.1, 0.15) is 18.0 Å². The van der Waals surface area contributed by atoms with Gasteiger partial charge in [0, 0.05) is 17.4 Å². The monoisotopic (exact) mass is 354 g/mol. The number of phenolic OH excluding ortho intramolecular Hbond substituents is 1. The molecule has 3 N–H and O–H groups in total. The van der Waals surface area contributed by atoms with Crippen LogP contribution in [0.4, 0.5) is 0 Å². The summed E-state index contributed by atoms with van der Waals surface area (Å²) in [5, 5.41) is 31.9. The molecule has 0 spiro atoms. The molecule has 2 aliphatic carbocycles. The van der Waals surface area contributed by atoms with E-state index in [1.165, 1.54) is 0 Å². The zero-order valence-electron chi connectivity index (χ0n) is 14.8. The van der Waals surface area contributed by atoms with Crippen molar-refractivity contribution in [3.63, 3.8) is 0 Å². The van der Waals surface area contributed by atoms with E-state index in [1.807, 2.05) is 12.1 Å². The van der Waals surface area contributed by atoms with E-state index in [0.29, 0.717) is 12.0 Å². The predicted molar refractivity (Wildman–Crippen MR) is 96.2 cm³/mol. The van der Waals surface area contributed by atoms with E-state index < -0.39 is 23.4 Å². The number of aliphatic hydroxyl groups is 2. The highest BCUT2D eigenvalue weighted by Crippen LogP contribution is 2.63. The van der Waals surface area contributed by atoms with Crippen molar-refractivity contribution in [2.45, 2.75) is 38.2 Å². The number of fused-ring (bicyclic) bond motifs is 5. The van der Waals surface area contributed by atoms with Crippen LogP contribution in [0.5, 0.6) is 5.75 Å². The van der Waals surface area contributed by atoms with E-state index in [-0.39, 0.29) is 29.8 Å². The number of carbonyl (C=O) groups excluding carboxylic acids is 2. The van der Waals surface area contributed by atoms with Crippen molar-refractivity contribution >= 4 is 22.3 Å². The van der Waals surface area contributed by atoms with Crippen LogP contribution in [-0.2, 0) is 4.79 Å². The number of benzene rings is 2. The molecule has 2 aromatic carbocycles. The SMILES string of the molecule is C[C@H]1C[C@H]2c3ccc4cc(O)ccc4c3C(=O)C[C@]2(C)[C@@]1(O)C(=O)CO. The number of rotatable bonds is 2. The van der Waals surface area contributed by atoms with Gasteiger partial charge >= 0.3 is 0 Å². The summed E-state index contributed by atoms with van der Waals surface area (Å²) >= 11 is 0. The first kappa shape index (κ1) is 17.2. The van der Waals surface area contributed by atoms with Crippen LogP contribution < -0.4 is 0 Å². The average Bonchev–Trinajstić information content (AvgIpc) is 2.81. The molecule has 5 nitrogen and oxygen atoms in total. The van der Waals surface area contributed by atoms with Crippen molar-refractivity contribution < 1.29 is 24.9 Å². The molecule has 0 aromatic heterocycles. The summed E-state index contributed by atoms with van der Waals surface area (Å²) in [6.07, 6.45) is 0.625. The van der Waals surface area contributed by atoms with Crippen LogP contribution in [0.3, 0.4) is 0 Å². The van der Waals surface area contributed by atoms with Crippen LogP contribution in [0.15, 0.2) is 30.3 Å². The van der Waals surface area contributed by atoms with Gasteiger partial charge in [0.25, 0.3) is 0 Å². The molecule has 4 atom stereocenters. The van der Waals surface area contributed by atoms with E-state index in [0.717, 1.165) is 16.3 Å². The molecule has 136 valence electrons. The molecule has 5 heteroatoms. The summed E-state index contributed by atoms with van der Waals surface area (Å²) < 4.78 is 0. The highest BCUT2D eigenvalue weighted by molar-refractivity contribution is 6.11. The summed E-state index contributed by atoms with van der Waals surface area (Å²) in [6, 6.07) is 8.67. The molecule has 0 bridgehead atoms. The van der Waals surface area contributed by atoms with Gasteiger partial charge in [-0.05, 0) is 52.8 Å². The zero-order chi connectivity index (χ0) is 18.9. The van der Waals surface area contributed by atoms with Crippen LogP contribution in [0.1, 0.15) is 48.5 Å². The quantitative estimate of drug-likeness (QED) is 0.770. The van der Waals surface area contributed by atoms with Crippen molar-refractivity contribution in [3.8, 4) is 5.75 Å². The maximum Gasteiger partial charge on any atom is 0.190 e. The number of hydrogen-bond acceptors (Lipinski definition) is 5. The second-order valence-corrected chi connectivity index (χ2v) is 7.99. The Hall–Kier alpha value is -2.24. The first-order chi connectivity index (χ1) is 12.2. The highest BCUT2D eigenvalue weighted by atomic mass is 16.3. The van der Waals surface area contributed by atoms with Crippen molar-refractivity contribution in [3.05, 3.63) is 41.5 Å². The first-order valence-electron chi connectivity index (χ1n) is 8.89. The second-order valence-electron chi connectivity index (χ2n) is 7.99. The topological polar surface area (TPSA) is 94.8 Å². The average molecular weight is 354 g/mol. The Labute approximate surface area is 151 Å². The van der Waals surface area contributed by atoms with Gasteiger partial charge in [-0.15, -0.1) is 0 Å². The van der Waals surface area contributed by atoms with Crippen molar-refractivity contribution in [2.75, 3.05) is 6.61 Å². The molecule has 0 radical (unpaired) electrons. The van der Waals surface area contributed by atoms with E-state index in [2.05, 4.69) is 0 Å². The van der Waals surface area contributed by atoms with E-state index in [9.17, 15) is 24.9 Å². The number of phenols is 1. The van der Waals surface area contributed by atoms with E-state index >= 15 is 0 Å². The lowest BCUT2D eigenvalue weighted by atomic mass is 9.59. The Morgan fingerprint density at radius 2 is 2.00 bits per heavy atom. The largest absolute Gasteiger partial charge is 0.508 e. The predicted octanol–water partition coefficient (Wildman–Crippen LogP) is 2.55. The molecule has 4 rings (SSSR count). The van der Waals surface area contributed by atoms with Crippen LogP contribution >= 0.6 is 0 Å². The van der Waals surface area contributed by atoms with Gasteiger partial charge in [0.05, 0.1) is 0 Å². The Morgan fingerprint density at radius 3 is 2.69 bits per heavy atom. The fourth-order valence-corrected chi connectivity index (χ4v) is 5.41. The Balaban J connectivity index is 1.96. The maximum absolute atomic E-state index is 13.1. The summed E-state index contributed by atoms with van der Waals surface area (Å²) in [5.74, 6) is -1.09. The molecule has 0 saturated heterocycles. The Bertz CT molecular complexity index is 949. The number of ketones is 2. The molecular formula is C21H22O5. The third-order valence-electron chi connectivity index (χ3n) is 6.73. The lowest BCUT2D eigenvalue weighted by molar-refractivity contribution is -0.158. The zero-order valence-corrected chi connectivity index (χ0v) is 14.8. The van der Waals surface area contributed by atoms with Crippen LogP contribution in [-0.4, -0.2) is 39.1 Å². The molecule has 0 amide bonds. The fraction of sp³-hybridized carbons (Fsp3) is 0.429. The van der Waals surface area contributed by atoms with Gasteiger partial charge in [-0.2, -0.15) is 0 Å². The molecular weight excluding hydrogens is 332 g/mol. The number of carbonyl (C=O) groups is 2. The normalized spacial score (nSPS) is 33.2. The van der Waals surface area contributed by atoms with Gasteiger partial charge < -0.3 is 15.3 Å². The number of Topliss-reactive ketones (excluding diaryl/α,β-unsaturated/α-hetero) is 2. The van der Waals surface area contributed by atoms with Gasteiger partial charge in [-0.1, -0.05) is 26.0 Å². The minimum absolute atomic E-state index is 0.0528. The molecule has 26 heavy (non-hydrogen) atoms. The number of aliphatic hydroxyl groups excluding tert-OH is 1. The minimum Gasteiger partial charge on any atom is -0.508 e. The summed E-state index contributed by atoms with van der Waals surface area (Å²) in [4.78, 5) is 25.5. The summed E-state index contributed by atoms with van der Waals surface area (Å²) in [6.45, 7) is 2.86. The molecule has 0 unspecified atom stereocenters.